The number of benzene rings is 1. The first kappa shape index (κ1) is 19.2. The third-order valence-corrected chi connectivity index (χ3v) is 4.40. The maximum absolute atomic E-state index is 12.6. The maximum Gasteiger partial charge on any atom is 0.269 e. The van der Waals surface area contributed by atoms with Crippen LogP contribution in [-0.4, -0.2) is 45.2 Å². The van der Waals surface area contributed by atoms with Crippen LogP contribution in [0, 0.1) is 0 Å². The second kappa shape index (κ2) is 8.90. The van der Waals surface area contributed by atoms with E-state index in [1.165, 1.54) is 19.4 Å². The summed E-state index contributed by atoms with van der Waals surface area (Å²) in [7, 11) is 1.54. The molecule has 8 heteroatoms. The Morgan fingerprint density at radius 3 is 2.61 bits per heavy atom. The van der Waals surface area contributed by atoms with Gasteiger partial charge in [-0.1, -0.05) is 37.3 Å². The molecule has 2 aromatic heterocycles. The lowest BCUT2D eigenvalue weighted by atomic mass is 9.96. The molecule has 3 aromatic rings. The van der Waals surface area contributed by atoms with E-state index in [2.05, 4.69) is 25.7 Å². The van der Waals surface area contributed by atoms with Gasteiger partial charge >= 0.3 is 0 Å². The molecule has 0 bridgehead atoms. The van der Waals surface area contributed by atoms with Crippen LogP contribution in [0.4, 0.5) is 0 Å². The van der Waals surface area contributed by atoms with Crippen molar-refractivity contribution in [3.8, 4) is 0 Å². The number of carbonyl (C=O) groups is 2. The molecular weight excluding hydrogens is 356 g/mol. The first-order valence-corrected chi connectivity index (χ1v) is 8.98. The van der Waals surface area contributed by atoms with Crippen molar-refractivity contribution in [2.24, 2.45) is 0 Å². The molecule has 0 radical (unpaired) electrons. The van der Waals surface area contributed by atoms with E-state index in [1.807, 2.05) is 37.3 Å². The van der Waals surface area contributed by atoms with Gasteiger partial charge in [0.1, 0.15) is 18.3 Å². The van der Waals surface area contributed by atoms with Crippen LogP contribution in [0.3, 0.4) is 0 Å². The van der Waals surface area contributed by atoms with Gasteiger partial charge in [0.05, 0.1) is 6.54 Å². The quantitative estimate of drug-likeness (QED) is 0.650. The predicted octanol–water partition coefficient (Wildman–Crippen LogP) is 1.61. The van der Waals surface area contributed by atoms with Gasteiger partial charge < -0.3 is 10.6 Å². The Hall–Kier alpha value is -3.55. The second-order valence-corrected chi connectivity index (χ2v) is 6.29. The van der Waals surface area contributed by atoms with Crippen LogP contribution in [-0.2, 0) is 6.54 Å². The highest BCUT2D eigenvalue weighted by molar-refractivity contribution is 5.98. The van der Waals surface area contributed by atoms with Gasteiger partial charge in [-0.25, -0.2) is 9.97 Å². The molecule has 0 spiro atoms. The Kier molecular flexibility index (Phi) is 6.11. The van der Waals surface area contributed by atoms with Crippen molar-refractivity contribution < 1.29 is 9.59 Å². The van der Waals surface area contributed by atoms with Crippen molar-refractivity contribution >= 4 is 11.8 Å². The number of hydrogen-bond acceptors (Lipinski definition) is 5. The molecule has 3 rings (SSSR count). The topological polar surface area (TPSA) is 102 Å². The fourth-order valence-electron chi connectivity index (χ4n) is 2.80. The maximum atomic E-state index is 12.6. The molecule has 1 atom stereocenters. The molecule has 0 aliphatic carbocycles. The smallest absolute Gasteiger partial charge is 0.269 e. The molecule has 2 heterocycles. The van der Waals surface area contributed by atoms with E-state index < -0.39 is 0 Å². The summed E-state index contributed by atoms with van der Waals surface area (Å²) in [5.41, 5.74) is 2.32. The van der Waals surface area contributed by atoms with E-state index in [1.54, 1.807) is 17.1 Å². The van der Waals surface area contributed by atoms with Crippen LogP contribution in [0.5, 0.6) is 0 Å². The molecule has 2 N–H and O–H groups in total. The number of rotatable bonds is 7. The van der Waals surface area contributed by atoms with Crippen molar-refractivity contribution in [2.45, 2.75) is 19.4 Å². The summed E-state index contributed by atoms with van der Waals surface area (Å²) in [5.74, 6) is -0.666. The highest BCUT2D eigenvalue weighted by Gasteiger charge is 2.17. The highest BCUT2D eigenvalue weighted by atomic mass is 16.2. The van der Waals surface area contributed by atoms with E-state index in [9.17, 15) is 9.59 Å². The average Bonchev–Trinajstić information content (AvgIpc) is 3.26. The Morgan fingerprint density at radius 1 is 1.14 bits per heavy atom. The summed E-state index contributed by atoms with van der Waals surface area (Å²) >= 11 is 0. The molecule has 28 heavy (non-hydrogen) atoms. The SMILES string of the molecule is CNC(=O)c1cc(C(=O)NCCn2cncn2)cc([C@@H](C)c2ccccc2)n1. The Bertz CT molecular complexity index is 941. The van der Waals surface area contributed by atoms with Crippen LogP contribution in [0.25, 0.3) is 0 Å². The summed E-state index contributed by atoms with van der Waals surface area (Å²) in [6.07, 6.45) is 3.03. The number of pyridine rings is 1. The third kappa shape index (κ3) is 4.59. The first-order valence-electron chi connectivity index (χ1n) is 8.98. The zero-order chi connectivity index (χ0) is 19.9. The largest absolute Gasteiger partial charge is 0.354 e. The van der Waals surface area contributed by atoms with Crippen LogP contribution in [0.15, 0.2) is 55.1 Å². The van der Waals surface area contributed by atoms with Crippen LogP contribution in [0.1, 0.15) is 44.9 Å². The summed E-state index contributed by atoms with van der Waals surface area (Å²) in [6, 6.07) is 13.1. The molecule has 0 aliphatic rings. The minimum absolute atomic E-state index is 0.0625. The van der Waals surface area contributed by atoms with Gasteiger partial charge in [-0.2, -0.15) is 5.10 Å². The number of carbonyl (C=O) groups excluding carboxylic acids is 2. The number of hydrogen-bond donors (Lipinski definition) is 2. The Morgan fingerprint density at radius 2 is 1.93 bits per heavy atom. The van der Waals surface area contributed by atoms with Crippen LogP contribution in [0.2, 0.25) is 0 Å². The lowest BCUT2D eigenvalue weighted by Gasteiger charge is -2.14. The fraction of sp³-hybridized carbons (Fsp3) is 0.250. The van der Waals surface area contributed by atoms with Crippen molar-refractivity contribution in [2.75, 3.05) is 13.6 Å². The highest BCUT2D eigenvalue weighted by Crippen LogP contribution is 2.23. The second-order valence-electron chi connectivity index (χ2n) is 6.29. The van der Waals surface area contributed by atoms with E-state index in [4.69, 9.17) is 0 Å². The molecule has 0 unspecified atom stereocenters. The number of nitrogens with zero attached hydrogens (tertiary/aromatic N) is 4. The standard InChI is InChI=1S/C20H22N6O2/c1-14(15-6-4-3-5-7-15)17-10-16(11-18(25-17)20(28)21-2)19(27)23-8-9-26-13-22-12-24-26/h3-7,10-14H,8-9H2,1-2H3,(H,21,28)(H,23,27)/t14-/m0/s1. The van der Waals surface area contributed by atoms with Gasteiger partial charge in [0.2, 0.25) is 0 Å². The van der Waals surface area contributed by atoms with E-state index >= 15 is 0 Å². The van der Waals surface area contributed by atoms with Gasteiger partial charge in [0, 0.05) is 30.8 Å². The van der Waals surface area contributed by atoms with Crippen molar-refractivity contribution in [3.05, 3.63) is 77.6 Å². The van der Waals surface area contributed by atoms with Crippen molar-refractivity contribution in [1.29, 1.82) is 0 Å². The van der Waals surface area contributed by atoms with Crippen LogP contribution < -0.4 is 10.6 Å². The summed E-state index contributed by atoms with van der Waals surface area (Å²) in [5, 5.41) is 9.40. The molecule has 0 fully saturated rings. The van der Waals surface area contributed by atoms with Crippen molar-refractivity contribution in [3.63, 3.8) is 0 Å². The van der Waals surface area contributed by atoms with E-state index in [0.29, 0.717) is 24.3 Å². The van der Waals surface area contributed by atoms with Crippen molar-refractivity contribution in [1.82, 2.24) is 30.4 Å². The molecule has 0 aliphatic heterocycles. The molecule has 8 nitrogen and oxygen atoms in total. The normalized spacial score (nSPS) is 11.6. The molecule has 144 valence electrons. The summed E-state index contributed by atoms with van der Waals surface area (Å²) in [4.78, 5) is 33.1. The molecule has 0 saturated heterocycles. The molecular formula is C20H22N6O2. The summed E-state index contributed by atoms with van der Waals surface area (Å²) in [6.45, 7) is 2.90. The molecule has 0 saturated carbocycles. The molecule has 2 amide bonds. The van der Waals surface area contributed by atoms with Gasteiger partial charge in [-0.3, -0.25) is 14.3 Å². The van der Waals surface area contributed by atoms with Gasteiger partial charge in [0.25, 0.3) is 11.8 Å². The Balaban J connectivity index is 1.82. The first-order chi connectivity index (χ1) is 13.6. The minimum Gasteiger partial charge on any atom is -0.354 e. The monoisotopic (exact) mass is 378 g/mol. The lowest BCUT2D eigenvalue weighted by molar-refractivity contribution is 0.0951. The summed E-state index contributed by atoms with van der Waals surface area (Å²) < 4.78 is 1.63. The Labute approximate surface area is 163 Å². The number of nitrogens with one attached hydrogen (secondary N) is 2. The fourth-order valence-corrected chi connectivity index (χ4v) is 2.80. The van der Waals surface area contributed by atoms with Gasteiger partial charge in [-0.05, 0) is 17.7 Å². The van der Waals surface area contributed by atoms with E-state index in [0.717, 1.165) is 5.56 Å². The zero-order valence-electron chi connectivity index (χ0n) is 15.8. The number of amides is 2. The minimum atomic E-state index is -0.334. The van der Waals surface area contributed by atoms with Crippen LogP contribution >= 0.6 is 0 Å². The average molecular weight is 378 g/mol. The predicted molar refractivity (Wildman–Crippen MR) is 104 cm³/mol. The zero-order valence-corrected chi connectivity index (χ0v) is 15.8. The molecule has 1 aromatic carbocycles. The van der Waals surface area contributed by atoms with E-state index in [-0.39, 0.29) is 23.4 Å². The van der Waals surface area contributed by atoms with Gasteiger partial charge in [0.15, 0.2) is 0 Å². The van der Waals surface area contributed by atoms with Gasteiger partial charge in [-0.15, -0.1) is 0 Å². The number of aromatic nitrogens is 4. The third-order valence-electron chi connectivity index (χ3n) is 4.40. The lowest BCUT2D eigenvalue weighted by Crippen LogP contribution is -2.28.